The minimum atomic E-state index is -0.373. The van der Waals surface area contributed by atoms with Gasteiger partial charge in [0.1, 0.15) is 6.33 Å². The van der Waals surface area contributed by atoms with E-state index in [1.807, 2.05) is 16.5 Å². The van der Waals surface area contributed by atoms with Crippen LogP contribution in [0.5, 0.6) is 0 Å². The number of hydrogen-bond donors (Lipinski definition) is 1. The fourth-order valence-corrected chi connectivity index (χ4v) is 4.05. The van der Waals surface area contributed by atoms with E-state index in [-0.39, 0.29) is 23.5 Å². The lowest BCUT2D eigenvalue weighted by molar-refractivity contribution is 0.0662. The van der Waals surface area contributed by atoms with Gasteiger partial charge in [0.15, 0.2) is 11.6 Å². The predicted molar refractivity (Wildman–Crippen MR) is 107 cm³/mol. The predicted octanol–water partition coefficient (Wildman–Crippen LogP) is 1.44. The van der Waals surface area contributed by atoms with Crippen LogP contribution in [0.1, 0.15) is 35.1 Å². The van der Waals surface area contributed by atoms with Gasteiger partial charge in [-0.15, -0.1) is 0 Å². The molecule has 2 aromatic rings. The zero-order valence-electron chi connectivity index (χ0n) is 17.1. The van der Waals surface area contributed by atoms with Crippen molar-refractivity contribution in [2.45, 2.75) is 32.7 Å². The fraction of sp³-hybridized carbons (Fsp3) is 0.600. The summed E-state index contributed by atoms with van der Waals surface area (Å²) in [5.41, 5.74) is 2.12. The highest BCUT2D eigenvalue weighted by atomic mass is 19.1. The third-order valence-electron chi connectivity index (χ3n) is 5.96. The van der Waals surface area contributed by atoms with Crippen molar-refractivity contribution in [2.75, 3.05) is 45.1 Å². The molecule has 1 saturated heterocycles. The minimum absolute atomic E-state index is 0.0717. The number of carbonyl (C=O) groups is 1. The molecule has 1 N–H and O–H groups in total. The zero-order valence-corrected chi connectivity index (χ0v) is 17.1. The second kappa shape index (κ2) is 8.44. The Bertz CT molecular complexity index is 876. The van der Waals surface area contributed by atoms with Crippen LogP contribution in [0.15, 0.2) is 12.5 Å². The normalized spacial score (nSPS) is 19.8. The van der Waals surface area contributed by atoms with Gasteiger partial charge in [-0.05, 0) is 32.2 Å². The van der Waals surface area contributed by atoms with Crippen molar-refractivity contribution >= 4 is 11.7 Å². The second-order valence-corrected chi connectivity index (χ2v) is 7.90. The number of piperazine rings is 1. The van der Waals surface area contributed by atoms with E-state index in [1.54, 1.807) is 6.20 Å². The summed E-state index contributed by atoms with van der Waals surface area (Å²) >= 11 is 0. The molecule has 29 heavy (non-hydrogen) atoms. The first kappa shape index (κ1) is 19.8. The van der Waals surface area contributed by atoms with Crippen LogP contribution >= 0.6 is 0 Å². The molecule has 2 aliphatic rings. The lowest BCUT2D eigenvalue weighted by Gasteiger charge is -2.32. The number of aromatic nitrogens is 4. The zero-order chi connectivity index (χ0) is 20.4. The third-order valence-corrected chi connectivity index (χ3v) is 5.96. The van der Waals surface area contributed by atoms with Crippen LogP contribution in [0.25, 0.3) is 0 Å². The third kappa shape index (κ3) is 4.10. The summed E-state index contributed by atoms with van der Waals surface area (Å²) in [6, 6.07) is 0. The molecule has 1 atom stereocenters. The maximum absolute atomic E-state index is 14.4. The van der Waals surface area contributed by atoms with E-state index in [4.69, 9.17) is 0 Å². The first-order valence-electron chi connectivity index (χ1n) is 10.3. The van der Waals surface area contributed by atoms with Gasteiger partial charge in [-0.25, -0.2) is 14.4 Å². The summed E-state index contributed by atoms with van der Waals surface area (Å²) < 4.78 is 16.3. The average molecular weight is 401 g/mol. The molecule has 1 unspecified atom stereocenters. The molecule has 0 spiro atoms. The van der Waals surface area contributed by atoms with Crippen LogP contribution in [-0.4, -0.2) is 75.2 Å². The number of halogens is 1. The van der Waals surface area contributed by atoms with Crippen LogP contribution in [0.2, 0.25) is 0 Å². The van der Waals surface area contributed by atoms with Crippen LogP contribution < -0.4 is 5.32 Å². The Labute approximate surface area is 170 Å². The molecular formula is C20H28FN7O. The van der Waals surface area contributed by atoms with E-state index in [0.717, 1.165) is 51.3 Å². The molecule has 9 heteroatoms. The Morgan fingerprint density at radius 1 is 1.24 bits per heavy atom. The topological polar surface area (TPSA) is 79.2 Å². The molecule has 2 aromatic heterocycles. The van der Waals surface area contributed by atoms with E-state index in [0.29, 0.717) is 24.2 Å². The molecule has 0 bridgehead atoms. The maximum Gasteiger partial charge on any atom is 0.257 e. The SMILES string of the molecule is CCc1ncnc(NCC2CCn3ncc(C(=O)N4CCN(C)CC4)c3C2)c1F. The number of hydrogen-bond acceptors (Lipinski definition) is 6. The molecule has 1 amide bonds. The van der Waals surface area contributed by atoms with Crippen LogP contribution in [0.3, 0.4) is 0 Å². The van der Waals surface area contributed by atoms with Gasteiger partial charge in [-0.3, -0.25) is 9.48 Å². The molecule has 2 aliphatic heterocycles. The van der Waals surface area contributed by atoms with Crippen molar-refractivity contribution in [3.05, 3.63) is 35.3 Å². The van der Waals surface area contributed by atoms with Crippen molar-refractivity contribution in [3.8, 4) is 0 Å². The summed E-state index contributed by atoms with van der Waals surface area (Å²) in [7, 11) is 2.07. The Hall–Kier alpha value is -2.55. The highest BCUT2D eigenvalue weighted by molar-refractivity contribution is 5.95. The van der Waals surface area contributed by atoms with Crippen LogP contribution in [-0.2, 0) is 19.4 Å². The second-order valence-electron chi connectivity index (χ2n) is 7.90. The van der Waals surface area contributed by atoms with Gasteiger partial charge in [0.05, 0.1) is 23.1 Å². The molecule has 1 fully saturated rings. The van der Waals surface area contributed by atoms with Crippen molar-refractivity contribution in [1.29, 1.82) is 0 Å². The molecule has 0 aliphatic carbocycles. The highest BCUT2D eigenvalue weighted by Gasteiger charge is 2.29. The number of carbonyl (C=O) groups excluding carboxylic acids is 1. The van der Waals surface area contributed by atoms with Crippen LogP contribution in [0, 0.1) is 11.7 Å². The molecule has 4 rings (SSSR count). The highest BCUT2D eigenvalue weighted by Crippen LogP contribution is 2.25. The summed E-state index contributed by atoms with van der Waals surface area (Å²) in [4.78, 5) is 25.2. The minimum Gasteiger partial charge on any atom is -0.367 e. The van der Waals surface area contributed by atoms with Crippen molar-refractivity contribution < 1.29 is 9.18 Å². The van der Waals surface area contributed by atoms with Gasteiger partial charge >= 0.3 is 0 Å². The molecular weight excluding hydrogens is 373 g/mol. The number of likely N-dealkylation sites (N-methyl/N-ethyl adjacent to an activating group) is 1. The Morgan fingerprint density at radius 2 is 2.03 bits per heavy atom. The van der Waals surface area contributed by atoms with Gasteiger partial charge in [0.25, 0.3) is 5.91 Å². The standard InChI is InChI=1S/C20H28FN7O/c1-3-16-18(21)19(24-13-23-16)22-11-14-4-5-28-17(10-14)15(12-25-28)20(29)27-8-6-26(2)7-9-27/h12-14H,3-11H2,1-2H3,(H,22,23,24). The smallest absolute Gasteiger partial charge is 0.257 e. The first-order valence-corrected chi connectivity index (χ1v) is 10.3. The fourth-order valence-electron chi connectivity index (χ4n) is 4.05. The van der Waals surface area contributed by atoms with Crippen LogP contribution in [0.4, 0.5) is 10.2 Å². The van der Waals surface area contributed by atoms with Crippen molar-refractivity contribution in [2.24, 2.45) is 5.92 Å². The quantitative estimate of drug-likeness (QED) is 0.817. The number of aryl methyl sites for hydroxylation is 2. The lowest BCUT2D eigenvalue weighted by atomic mass is 9.94. The van der Waals surface area contributed by atoms with E-state index >= 15 is 0 Å². The molecule has 4 heterocycles. The molecule has 0 radical (unpaired) electrons. The number of rotatable bonds is 5. The number of nitrogens with one attached hydrogen (secondary N) is 1. The summed E-state index contributed by atoms with van der Waals surface area (Å²) in [5.74, 6) is 0.242. The number of amides is 1. The van der Waals surface area contributed by atoms with Gasteiger partial charge < -0.3 is 15.1 Å². The molecule has 0 saturated carbocycles. The maximum atomic E-state index is 14.4. The monoisotopic (exact) mass is 401 g/mol. The van der Waals surface area contributed by atoms with Gasteiger partial charge in [0, 0.05) is 39.3 Å². The van der Waals surface area contributed by atoms with E-state index in [2.05, 4.69) is 32.3 Å². The lowest BCUT2D eigenvalue weighted by Crippen LogP contribution is -2.47. The number of fused-ring (bicyclic) bond motifs is 1. The Kier molecular flexibility index (Phi) is 5.75. The van der Waals surface area contributed by atoms with E-state index in [9.17, 15) is 9.18 Å². The Morgan fingerprint density at radius 3 is 2.79 bits per heavy atom. The summed E-state index contributed by atoms with van der Waals surface area (Å²) in [5, 5.41) is 7.58. The summed E-state index contributed by atoms with van der Waals surface area (Å²) in [6.45, 7) is 6.53. The van der Waals surface area contributed by atoms with Crippen molar-refractivity contribution in [3.63, 3.8) is 0 Å². The summed E-state index contributed by atoms with van der Waals surface area (Å²) in [6.07, 6.45) is 5.31. The number of nitrogens with zero attached hydrogens (tertiary/aromatic N) is 6. The van der Waals surface area contributed by atoms with Gasteiger partial charge in [-0.1, -0.05) is 6.92 Å². The van der Waals surface area contributed by atoms with E-state index < -0.39 is 0 Å². The Balaban J connectivity index is 1.42. The largest absolute Gasteiger partial charge is 0.367 e. The van der Waals surface area contributed by atoms with Gasteiger partial charge in [0.2, 0.25) is 0 Å². The molecule has 0 aromatic carbocycles. The van der Waals surface area contributed by atoms with Gasteiger partial charge in [-0.2, -0.15) is 5.10 Å². The molecule has 8 nitrogen and oxygen atoms in total. The first-order chi connectivity index (χ1) is 14.1. The van der Waals surface area contributed by atoms with E-state index in [1.165, 1.54) is 6.33 Å². The number of anilines is 1. The molecule has 156 valence electrons. The van der Waals surface area contributed by atoms with Crippen molar-refractivity contribution in [1.82, 2.24) is 29.5 Å². The average Bonchev–Trinajstić information content (AvgIpc) is 3.16.